The van der Waals surface area contributed by atoms with Crippen molar-refractivity contribution in [2.75, 3.05) is 20.2 Å². The number of carbonyl (C=O) groups excluding carboxylic acids is 1. The van der Waals surface area contributed by atoms with Crippen LogP contribution >= 0.6 is 0 Å². The van der Waals surface area contributed by atoms with Crippen molar-refractivity contribution in [3.63, 3.8) is 0 Å². The van der Waals surface area contributed by atoms with Crippen LogP contribution in [0.25, 0.3) is 0 Å². The molecule has 2 rings (SSSR count). The Morgan fingerprint density at radius 1 is 1.42 bits per heavy atom. The molecule has 2 N–H and O–H groups in total. The maximum atomic E-state index is 12.8. The second kappa shape index (κ2) is 5.80. The first kappa shape index (κ1) is 14.8. The van der Waals surface area contributed by atoms with E-state index < -0.39 is 0 Å². The molecule has 1 heterocycles. The van der Waals surface area contributed by atoms with Crippen LogP contribution in [0.3, 0.4) is 0 Å². The number of methoxy groups -OCH3 is 1. The Hall–Kier alpha value is -0.610. The number of nitrogens with zero attached hydrogens (tertiary/aromatic N) is 1. The third-order valence-corrected chi connectivity index (χ3v) is 5.11. The number of ether oxygens (including phenoxy) is 1. The zero-order valence-corrected chi connectivity index (χ0v) is 12.5. The Labute approximate surface area is 116 Å². The quantitative estimate of drug-likeness (QED) is 0.849. The number of carbonyl (C=O) groups is 1. The second-order valence-corrected chi connectivity index (χ2v) is 6.74. The fourth-order valence-electron chi connectivity index (χ4n) is 3.73. The van der Waals surface area contributed by atoms with E-state index in [1.165, 1.54) is 6.42 Å². The maximum Gasteiger partial charge on any atom is 0.226 e. The molecule has 0 bridgehead atoms. The minimum Gasteiger partial charge on any atom is -0.381 e. The number of likely N-dealkylation sites (tertiary alicyclic amines) is 1. The second-order valence-electron chi connectivity index (χ2n) is 6.74. The Kier molecular flexibility index (Phi) is 4.51. The number of amides is 1. The lowest BCUT2D eigenvalue weighted by Gasteiger charge is -2.41. The SMILES string of the molecule is COC1CCN(C(=O)C2CCCC2(C)C)C(CN)C1. The first-order valence-corrected chi connectivity index (χ1v) is 7.53. The molecule has 1 saturated heterocycles. The standard InChI is InChI=1S/C15H28N2O2/c1-15(2)7-4-5-13(15)14(18)17-8-6-12(19-3)9-11(17)10-16/h11-13H,4-10,16H2,1-3H3. The van der Waals surface area contributed by atoms with Gasteiger partial charge in [-0.3, -0.25) is 4.79 Å². The molecule has 0 radical (unpaired) electrons. The molecule has 0 aromatic rings. The summed E-state index contributed by atoms with van der Waals surface area (Å²) in [5.74, 6) is 0.508. The van der Waals surface area contributed by atoms with Crippen LogP contribution < -0.4 is 5.73 Å². The van der Waals surface area contributed by atoms with Crippen molar-refractivity contribution in [3.05, 3.63) is 0 Å². The molecule has 4 nitrogen and oxygen atoms in total. The van der Waals surface area contributed by atoms with E-state index in [-0.39, 0.29) is 23.5 Å². The molecule has 2 aliphatic rings. The van der Waals surface area contributed by atoms with Gasteiger partial charge in [0.25, 0.3) is 0 Å². The predicted octanol–water partition coefficient (Wildman–Crippen LogP) is 1.78. The fraction of sp³-hybridized carbons (Fsp3) is 0.933. The van der Waals surface area contributed by atoms with Crippen molar-refractivity contribution in [2.45, 2.75) is 58.1 Å². The summed E-state index contributed by atoms with van der Waals surface area (Å²) in [6.45, 7) is 5.79. The van der Waals surface area contributed by atoms with Gasteiger partial charge in [0.2, 0.25) is 5.91 Å². The average molecular weight is 268 g/mol. The van der Waals surface area contributed by atoms with Crippen LogP contribution in [0.2, 0.25) is 0 Å². The number of rotatable bonds is 3. The lowest BCUT2D eigenvalue weighted by molar-refractivity contribution is -0.144. The molecule has 1 amide bonds. The highest BCUT2D eigenvalue weighted by molar-refractivity contribution is 5.80. The minimum absolute atomic E-state index is 0.147. The zero-order valence-electron chi connectivity index (χ0n) is 12.5. The molecule has 0 aromatic carbocycles. The third-order valence-electron chi connectivity index (χ3n) is 5.11. The summed E-state index contributed by atoms with van der Waals surface area (Å²) in [7, 11) is 1.75. The minimum atomic E-state index is 0.147. The van der Waals surface area contributed by atoms with Crippen LogP contribution in [0.1, 0.15) is 46.0 Å². The Balaban J connectivity index is 2.06. The third kappa shape index (κ3) is 2.95. The average Bonchev–Trinajstić information content (AvgIpc) is 2.76. The molecule has 2 fully saturated rings. The summed E-state index contributed by atoms with van der Waals surface area (Å²) in [5, 5.41) is 0. The Morgan fingerprint density at radius 2 is 2.16 bits per heavy atom. The van der Waals surface area contributed by atoms with Crippen LogP contribution in [-0.4, -0.2) is 43.2 Å². The van der Waals surface area contributed by atoms with E-state index in [2.05, 4.69) is 13.8 Å². The Morgan fingerprint density at radius 3 is 2.68 bits per heavy atom. The van der Waals surface area contributed by atoms with Gasteiger partial charge >= 0.3 is 0 Å². The van der Waals surface area contributed by atoms with E-state index >= 15 is 0 Å². The smallest absolute Gasteiger partial charge is 0.226 e. The summed E-state index contributed by atoms with van der Waals surface area (Å²) in [5.41, 5.74) is 6.01. The normalized spacial score (nSPS) is 34.5. The molecule has 19 heavy (non-hydrogen) atoms. The number of hydrogen-bond acceptors (Lipinski definition) is 3. The van der Waals surface area contributed by atoms with Gasteiger partial charge in [-0.05, 0) is 31.1 Å². The topological polar surface area (TPSA) is 55.6 Å². The van der Waals surface area contributed by atoms with E-state index in [0.29, 0.717) is 12.5 Å². The van der Waals surface area contributed by atoms with Gasteiger partial charge in [-0.1, -0.05) is 20.3 Å². The van der Waals surface area contributed by atoms with Crippen LogP contribution in [0.4, 0.5) is 0 Å². The lowest BCUT2D eigenvalue weighted by atomic mass is 9.80. The van der Waals surface area contributed by atoms with Crippen LogP contribution in [0.15, 0.2) is 0 Å². The van der Waals surface area contributed by atoms with Gasteiger partial charge in [-0.25, -0.2) is 0 Å². The van der Waals surface area contributed by atoms with Gasteiger partial charge in [0.15, 0.2) is 0 Å². The summed E-state index contributed by atoms with van der Waals surface area (Å²) < 4.78 is 5.42. The molecular formula is C15H28N2O2. The van der Waals surface area contributed by atoms with Crippen molar-refractivity contribution in [3.8, 4) is 0 Å². The molecule has 0 aromatic heterocycles. The first-order valence-electron chi connectivity index (χ1n) is 7.53. The summed E-state index contributed by atoms with van der Waals surface area (Å²) in [6.07, 6.45) is 5.44. The highest BCUT2D eigenvalue weighted by Crippen LogP contribution is 2.44. The van der Waals surface area contributed by atoms with Gasteiger partial charge in [-0.2, -0.15) is 0 Å². The molecule has 4 heteroatoms. The molecule has 110 valence electrons. The van der Waals surface area contributed by atoms with E-state index in [0.717, 1.165) is 32.2 Å². The summed E-state index contributed by atoms with van der Waals surface area (Å²) >= 11 is 0. The number of piperidine rings is 1. The highest BCUT2D eigenvalue weighted by atomic mass is 16.5. The van der Waals surface area contributed by atoms with E-state index in [1.807, 2.05) is 4.90 Å². The lowest BCUT2D eigenvalue weighted by Crippen LogP contribution is -2.53. The molecule has 0 spiro atoms. The predicted molar refractivity (Wildman–Crippen MR) is 75.7 cm³/mol. The highest BCUT2D eigenvalue weighted by Gasteiger charge is 2.43. The van der Waals surface area contributed by atoms with Gasteiger partial charge in [0.05, 0.1) is 6.10 Å². The molecule has 1 aliphatic heterocycles. The molecular weight excluding hydrogens is 240 g/mol. The maximum absolute atomic E-state index is 12.8. The molecule has 1 saturated carbocycles. The largest absolute Gasteiger partial charge is 0.381 e. The van der Waals surface area contributed by atoms with Crippen LogP contribution in [-0.2, 0) is 9.53 Å². The number of nitrogens with two attached hydrogens (primary N) is 1. The van der Waals surface area contributed by atoms with Crippen molar-refractivity contribution >= 4 is 5.91 Å². The van der Waals surface area contributed by atoms with Crippen molar-refractivity contribution in [2.24, 2.45) is 17.1 Å². The summed E-state index contributed by atoms with van der Waals surface area (Å²) in [6, 6.07) is 0.155. The fourth-order valence-corrected chi connectivity index (χ4v) is 3.73. The van der Waals surface area contributed by atoms with E-state index in [9.17, 15) is 4.79 Å². The van der Waals surface area contributed by atoms with Crippen LogP contribution in [0.5, 0.6) is 0 Å². The van der Waals surface area contributed by atoms with E-state index in [1.54, 1.807) is 7.11 Å². The first-order chi connectivity index (χ1) is 8.99. The Bertz CT molecular complexity index is 330. The van der Waals surface area contributed by atoms with E-state index in [4.69, 9.17) is 10.5 Å². The van der Waals surface area contributed by atoms with Crippen molar-refractivity contribution in [1.82, 2.24) is 4.90 Å². The van der Waals surface area contributed by atoms with Gasteiger partial charge in [0, 0.05) is 32.2 Å². The summed E-state index contributed by atoms with van der Waals surface area (Å²) in [4.78, 5) is 14.8. The van der Waals surface area contributed by atoms with Crippen LogP contribution in [0, 0.1) is 11.3 Å². The zero-order chi connectivity index (χ0) is 14.0. The monoisotopic (exact) mass is 268 g/mol. The molecule has 3 unspecified atom stereocenters. The van der Waals surface area contributed by atoms with Gasteiger partial charge < -0.3 is 15.4 Å². The molecule has 1 aliphatic carbocycles. The number of hydrogen-bond donors (Lipinski definition) is 1. The van der Waals surface area contributed by atoms with Crippen molar-refractivity contribution < 1.29 is 9.53 Å². The van der Waals surface area contributed by atoms with Gasteiger partial charge in [0.1, 0.15) is 0 Å². The molecule has 3 atom stereocenters. The van der Waals surface area contributed by atoms with Crippen molar-refractivity contribution in [1.29, 1.82) is 0 Å². The van der Waals surface area contributed by atoms with Gasteiger partial charge in [-0.15, -0.1) is 0 Å².